The van der Waals surface area contributed by atoms with Gasteiger partial charge in [0.25, 0.3) is 0 Å². The lowest BCUT2D eigenvalue weighted by Gasteiger charge is -2.35. The van der Waals surface area contributed by atoms with Crippen LogP contribution in [-0.2, 0) is 31.9 Å². The summed E-state index contributed by atoms with van der Waals surface area (Å²) >= 11 is 0. The second-order valence-electron chi connectivity index (χ2n) is 9.57. The van der Waals surface area contributed by atoms with Crippen molar-refractivity contribution in [3.05, 3.63) is 71.8 Å². The molecule has 0 bridgehead atoms. The van der Waals surface area contributed by atoms with Crippen LogP contribution in [0.25, 0.3) is 0 Å². The fourth-order valence-corrected chi connectivity index (χ4v) is 5.13. The van der Waals surface area contributed by atoms with Crippen LogP contribution >= 0.6 is 0 Å². The quantitative estimate of drug-likeness (QED) is 0.476. The number of carbonyl (C=O) groups is 1. The Morgan fingerprint density at radius 2 is 1.56 bits per heavy atom. The molecule has 1 amide bonds. The number of benzene rings is 2. The summed E-state index contributed by atoms with van der Waals surface area (Å²) in [6, 6.07) is 18.4. The van der Waals surface area contributed by atoms with Crippen LogP contribution in [0, 0.1) is 0 Å². The van der Waals surface area contributed by atoms with E-state index >= 15 is 0 Å². The standard InChI is InChI=1S/C26H37NO6Si/c1-18(2)34(4,5)33-19(3)23-24(30-16-20-12-8-6-9-13-20)22(25(28)32-23)27-26(29)31-17-21-14-10-7-11-15-21/h6-15,18-19,22-25,28H,16-17H2,1-5H3,(H,27,29)/t19-,22-,23+,24-,25?/m1/s1. The Morgan fingerprint density at radius 1 is 1.00 bits per heavy atom. The maximum Gasteiger partial charge on any atom is 0.407 e. The Hall–Kier alpha value is -2.23. The zero-order valence-corrected chi connectivity index (χ0v) is 21.6. The first-order valence-electron chi connectivity index (χ1n) is 11.8. The highest BCUT2D eigenvalue weighted by molar-refractivity contribution is 6.72. The second kappa shape index (κ2) is 11.9. The summed E-state index contributed by atoms with van der Waals surface area (Å²) in [4.78, 5) is 12.6. The molecule has 0 aromatic heterocycles. The highest BCUT2D eigenvalue weighted by Crippen LogP contribution is 2.31. The number of amides is 1. The molecular formula is C26H37NO6Si. The van der Waals surface area contributed by atoms with E-state index in [4.69, 9.17) is 18.6 Å². The number of aliphatic hydroxyl groups excluding tert-OH is 1. The molecular weight excluding hydrogens is 450 g/mol. The molecule has 1 saturated heterocycles. The van der Waals surface area contributed by atoms with Crippen molar-refractivity contribution in [2.75, 3.05) is 0 Å². The number of alkyl carbamates (subject to hydrolysis) is 1. The third kappa shape index (κ3) is 7.13. The molecule has 7 nitrogen and oxygen atoms in total. The molecule has 1 heterocycles. The van der Waals surface area contributed by atoms with Crippen molar-refractivity contribution in [3.63, 3.8) is 0 Å². The van der Waals surface area contributed by atoms with E-state index in [2.05, 4.69) is 32.3 Å². The molecule has 2 aromatic rings. The molecule has 8 heteroatoms. The Labute approximate surface area is 203 Å². The van der Waals surface area contributed by atoms with Crippen LogP contribution in [0.4, 0.5) is 4.79 Å². The third-order valence-corrected chi connectivity index (χ3v) is 10.2. The number of rotatable bonds is 10. The molecule has 34 heavy (non-hydrogen) atoms. The molecule has 5 atom stereocenters. The molecule has 2 aromatic carbocycles. The lowest BCUT2D eigenvalue weighted by Crippen LogP contribution is -2.51. The average molecular weight is 488 g/mol. The van der Waals surface area contributed by atoms with Gasteiger partial charge in [0.05, 0.1) is 12.7 Å². The SMILES string of the molecule is CC(C)[Si](C)(C)O[C@H](C)[C@@H]1OC(O)[C@H](NC(=O)OCc2ccccc2)[C@H]1OCc1ccccc1. The van der Waals surface area contributed by atoms with Crippen LogP contribution < -0.4 is 5.32 Å². The van der Waals surface area contributed by atoms with Crippen molar-refractivity contribution >= 4 is 14.4 Å². The maximum absolute atomic E-state index is 12.6. The van der Waals surface area contributed by atoms with Crippen LogP contribution in [0.2, 0.25) is 18.6 Å². The number of carbonyl (C=O) groups excluding carboxylic acids is 1. The van der Waals surface area contributed by atoms with E-state index in [1.54, 1.807) is 0 Å². The van der Waals surface area contributed by atoms with Gasteiger partial charge in [-0.3, -0.25) is 0 Å². The van der Waals surface area contributed by atoms with Crippen molar-refractivity contribution in [2.45, 2.75) is 83.3 Å². The first-order chi connectivity index (χ1) is 16.2. The predicted octanol–water partition coefficient (Wildman–Crippen LogP) is 4.60. The van der Waals surface area contributed by atoms with E-state index in [0.717, 1.165) is 11.1 Å². The topological polar surface area (TPSA) is 86.2 Å². The first-order valence-corrected chi connectivity index (χ1v) is 14.8. The lowest BCUT2D eigenvalue weighted by atomic mass is 10.0. The molecule has 0 spiro atoms. The first kappa shape index (κ1) is 26.4. The smallest absolute Gasteiger partial charge is 0.407 e. The van der Waals surface area contributed by atoms with Crippen LogP contribution in [0.15, 0.2) is 60.7 Å². The summed E-state index contributed by atoms with van der Waals surface area (Å²) in [6.45, 7) is 11.0. The highest BCUT2D eigenvalue weighted by Gasteiger charge is 2.49. The number of hydrogen-bond acceptors (Lipinski definition) is 6. The molecule has 3 rings (SSSR count). The summed E-state index contributed by atoms with van der Waals surface area (Å²) in [5, 5.41) is 13.5. The molecule has 2 N–H and O–H groups in total. The summed E-state index contributed by atoms with van der Waals surface area (Å²) in [6.07, 6.45) is -3.39. The Morgan fingerprint density at radius 3 is 2.12 bits per heavy atom. The van der Waals surface area contributed by atoms with Gasteiger partial charge in [-0.2, -0.15) is 0 Å². The van der Waals surface area contributed by atoms with E-state index in [1.807, 2.05) is 67.6 Å². The Bertz CT molecular complexity index is 895. The van der Waals surface area contributed by atoms with E-state index in [1.165, 1.54) is 0 Å². The minimum atomic E-state index is -1.98. The average Bonchev–Trinajstić information content (AvgIpc) is 3.12. The van der Waals surface area contributed by atoms with E-state index in [-0.39, 0.29) is 12.7 Å². The zero-order valence-electron chi connectivity index (χ0n) is 20.6. The third-order valence-electron chi connectivity index (χ3n) is 6.41. The van der Waals surface area contributed by atoms with Gasteiger partial charge in [0, 0.05) is 0 Å². The molecule has 0 saturated carbocycles. The van der Waals surface area contributed by atoms with Crippen LogP contribution in [0.1, 0.15) is 31.9 Å². The van der Waals surface area contributed by atoms with E-state index in [0.29, 0.717) is 12.1 Å². The van der Waals surface area contributed by atoms with Crippen molar-refractivity contribution in [1.29, 1.82) is 0 Å². The number of aliphatic hydroxyl groups is 1. The van der Waals surface area contributed by atoms with Crippen molar-refractivity contribution in [3.8, 4) is 0 Å². The minimum Gasteiger partial charge on any atom is -0.445 e. The monoisotopic (exact) mass is 487 g/mol. The van der Waals surface area contributed by atoms with Gasteiger partial charge >= 0.3 is 6.09 Å². The van der Waals surface area contributed by atoms with Gasteiger partial charge in [0.15, 0.2) is 14.6 Å². The zero-order chi connectivity index (χ0) is 24.7. The van der Waals surface area contributed by atoms with E-state index < -0.39 is 39.0 Å². The summed E-state index contributed by atoms with van der Waals surface area (Å²) in [7, 11) is -1.98. The largest absolute Gasteiger partial charge is 0.445 e. The fraction of sp³-hybridized carbons (Fsp3) is 0.500. The highest BCUT2D eigenvalue weighted by atomic mass is 28.4. The van der Waals surface area contributed by atoms with Crippen molar-refractivity contribution < 1.29 is 28.5 Å². The van der Waals surface area contributed by atoms with Gasteiger partial charge in [-0.05, 0) is 36.7 Å². The molecule has 1 fully saturated rings. The van der Waals surface area contributed by atoms with Crippen LogP contribution in [0.5, 0.6) is 0 Å². The van der Waals surface area contributed by atoms with Gasteiger partial charge < -0.3 is 29.1 Å². The van der Waals surface area contributed by atoms with Crippen LogP contribution in [-0.4, -0.2) is 50.2 Å². The number of ether oxygens (including phenoxy) is 3. The summed E-state index contributed by atoms with van der Waals surface area (Å²) in [5.74, 6) is 0. The van der Waals surface area contributed by atoms with Gasteiger partial charge in [-0.15, -0.1) is 0 Å². The predicted molar refractivity (Wildman–Crippen MR) is 133 cm³/mol. The molecule has 0 aliphatic carbocycles. The number of nitrogens with one attached hydrogen (secondary N) is 1. The van der Waals surface area contributed by atoms with Crippen molar-refractivity contribution in [1.82, 2.24) is 5.32 Å². The molecule has 0 radical (unpaired) electrons. The normalized spacial score (nSPS) is 23.6. The van der Waals surface area contributed by atoms with Gasteiger partial charge in [-0.25, -0.2) is 4.79 Å². The van der Waals surface area contributed by atoms with Gasteiger partial charge in [-0.1, -0.05) is 74.5 Å². The summed E-state index contributed by atoms with van der Waals surface area (Å²) in [5.41, 5.74) is 2.27. The summed E-state index contributed by atoms with van der Waals surface area (Å²) < 4.78 is 23.9. The lowest BCUT2D eigenvalue weighted by molar-refractivity contribution is -0.130. The Kier molecular flexibility index (Phi) is 9.27. The Balaban J connectivity index is 1.70. The van der Waals surface area contributed by atoms with Crippen molar-refractivity contribution in [2.24, 2.45) is 0 Å². The fourth-order valence-electron chi connectivity index (χ4n) is 3.77. The molecule has 1 aliphatic heterocycles. The molecule has 1 aliphatic rings. The molecule has 1 unspecified atom stereocenters. The van der Waals surface area contributed by atoms with Gasteiger partial charge in [0.1, 0.15) is 24.9 Å². The second-order valence-corrected chi connectivity index (χ2v) is 14.2. The van der Waals surface area contributed by atoms with Gasteiger partial charge in [0.2, 0.25) is 0 Å². The minimum absolute atomic E-state index is 0.128. The van der Waals surface area contributed by atoms with E-state index in [9.17, 15) is 9.90 Å². The molecule has 186 valence electrons. The number of hydrogen-bond donors (Lipinski definition) is 2. The maximum atomic E-state index is 12.6. The van der Waals surface area contributed by atoms with Crippen LogP contribution in [0.3, 0.4) is 0 Å².